The van der Waals surface area contributed by atoms with E-state index < -0.39 is 10.0 Å². The molecule has 0 unspecified atom stereocenters. The molecule has 3 heterocycles. The van der Waals surface area contributed by atoms with E-state index in [1.807, 2.05) is 13.8 Å². The maximum atomic E-state index is 12.9. The molecule has 2 aliphatic rings. The summed E-state index contributed by atoms with van der Waals surface area (Å²) in [6, 6.07) is 2.09. The molecule has 0 amide bonds. The Labute approximate surface area is 160 Å². The van der Waals surface area contributed by atoms with E-state index >= 15 is 0 Å². The van der Waals surface area contributed by atoms with Gasteiger partial charge in [0.25, 0.3) is 0 Å². The molecule has 1 saturated heterocycles. The van der Waals surface area contributed by atoms with Gasteiger partial charge in [-0.3, -0.25) is 9.78 Å². The van der Waals surface area contributed by atoms with Crippen LogP contribution in [0.4, 0.5) is 5.82 Å². The standard InChI is InChI=1S/C18H28N6O2S/c1-4-24-13(3)18(12(2)21-24)27(25,26)22-15-7-9-23(10-8-15)17-11-16(19-20-17)14-5-6-14/h11,14-15,22H,4-10H2,1-3H3,(H,19,20). The zero-order valence-corrected chi connectivity index (χ0v) is 17.0. The summed E-state index contributed by atoms with van der Waals surface area (Å²) in [5.74, 6) is 1.64. The molecule has 0 radical (unpaired) electrons. The van der Waals surface area contributed by atoms with E-state index in [2.05, 4.69) is 31.0 Å². The van der Waals surface area contributed by atoms with Gasteiger partial charge in [-0.15, -0.1) is 0 Å². The topological polar surface area (TPSA) is 95.9 Å². The molecule has 2 N–H and O–H groups in total. The van der Waals surface area contributed by atoms with Crippen molar-refractivity contribution in [1.82, 2.24) is 24.7 Å². The Hall–Kier alpha value is -1.87. The van der Waals surface area contributed by atoms with Crippen LogP contribution in [-0.4, -0.2) is 47.5 Å². The molecule has 1 aliphatic carbocycles. The highest BCUT2D eigenvalue weighted by molar-refractivity contribution is 7.89. The van der Waals surface area contributed by atoms with Gasteiger partial charge in [0, 0.05) is 43.4 Å². The zero-order chi connectivity index (χ0) is 19.2. The zero-order valence-electron chi connectivity index (χ0n) is 16.2. The molecule has 1 saturated carbocycles. The summed E-state index contributed by atoms with van der Waals surface area (Å²) in [4.78, 5) is 2.56. The lowest BCUT2D eigenvalue weighted by Crippen LogP contribution is -2.45. The lowest BCUT2D eigenvalue weighted by atomic mass is 10.1. The highest BCUT2D eigenvalue weighted by atomic mass is 32.2. The van der Waals surface area contributed by atoms with Gasteiger partial charge in [-0.2, -0.15) is 10.2 Å². The smallest absolute Gasteiger partial charge is 0.244 e. The third-order valence-corrected chi connectivity index (χ3v) is 7.40. The van der Waals surface area contributed by atoms with Crippen LogP contribution < -0.4 is 9.62 Å². The third kappa shape index (κ3) is 3.62. The van der Waals surface area contributed by atoms with Crippen molar-refractivity contribution in [2.24, 2.45) is 0 Å². The highest BCUT2D eigenvalue weighted by Crippen LogP contribution is 2.40. The van der Waals surface area contributed by atoms with Crippen LogP contribution in [0.5, 0.6) is 0 Å². The Morgan fingerprint density at radius 1 is 1.22 bits per heavy atom. The molecular weight excluding hydrogens is 364 g/mol. The molecule has 2 fully saturated rings. The number of hydrogen-bond acceptors (Lipinski definition) is 5. The molecule has 0 spiro atoms. The molecule has 0 atom stereocenters. The van der Waals surface area contributed by atoms with Crippen LogP contribution in [0, 0.1) is 13.8 Å². The number of sulfonamides is 1. The summed E-state index contributed by atoms with van der Waals surface area (Å²) in [6.45, 7) is 7.79. The van der Waals surface area contributed by atoms with E-state index in [9.17, 15) is 8.42 Å². The van der Waals surface area contributed by atoms with Gasteiger partial charge in [0.2, 0.25) is 10.0 Å². The molecule has 2 aromatic rings. The lowest BCUT2D eigenvalue weighted by Gasteiger charge is -2.32. The van der Waals surface area contributed by atoms with Gasteiger partial charge < -0.3 is 4.90 Å². The fourth-order valence-electron chi connectivity index (χ4n) is 3.97. The van der Waals surface area contributed by atoms with Crippen molar-refractivity contribution in [2.45, 2.75) is 69.9 Å². The van der Waals surface area contributed by atoms with Gasteiger partial charge in [-0.1, -0.05) is 0 Å². The number of piperidine rings is 1. The number of hydrogen-bond donors (Lipinski definition) is 2. The molecule has 148 valence electrons. The largest absolute Gasteiger partial charge is 0.355 e. The number of anilines is 1. The van der Waals surface area contributed by atoms with Crippen LogP contribution in [0.3, 0.4) is 0 Å². The molecule has 4 rings (SSSR count). The first kappa shape index (κ1) is 18.5. The number of H-pyrrole nitrogens is 1. The van der Waals surface area contributed by atoms with Gasteiger partial charge in [-0.25, -0.2) is 13.1 Å². The van der Waals surface area contributed by atoms with E-state index in [0.29, 0.717) is 28.7 Å². The second-order valence-corrected chi connectivity index (χ2v) is 9.30. The molecule has 1 aliphatic heterocycles. The SMILES string of the molecule is CCn1nc(C)c(S(=O)(=O)NC2CCN(c3cc(C4CC4)[nH]n3)CC2)c1C. The van der Waals surface area contributed by atoms with E-state index in [1.165, 1.54) is 18.5 Å². The minimum Gasteiger partial charge on any atom is -0.355 e. The lowest BCUT2D eigenvalue weighted by molar-refractivity contribution is 0.458. The Morgan fingerprint density at radius 3 is 2.52 bits per heavy atom. The molecule has 0 bridgehead atoms. The van der Waals surface area contributed by atoms with Crippen LogP contribution in [-0.2, 0) is 16.6 Å². The Kier molecular flexibility index (Phi) is 4.75. The van der Waals surface area contributed by atoms with Crippen LogP contribution in [0.25, 0.3) is 0 Å². The molecule has 27 heavy (non-hydrogen) atoms. The fraction of sp³-hybridized carbons (Fsp3) is 0.667. The van der Waals surface area contributed by atoms with Gasteiger partial charge >= 0.3 is 0 Å². The number of nitrogens with zero attached hydrogens (tertiary/aromatic N) is 4. The minimum absolute atomic E-state index is 0.0585. The fourth-order valence-corrected chi connectivity index (χ4v) is 5.69. The van der Waals surface area contributed by atoms with Gasteiger partial charge in [0.05, 0.1) is 11.4 Å². The van der Waals surface area contributed by atoms with Crippen LogP contribution in [0.15, 0.2) is 11.0 Å². The van der Waals surface area contributed by atoms with E-state index in [1.54, 1.807) is 11.6 Å². The molecule has 8 nitrogen and oxygen atoms in total. The van der Waals surface area contributed by atoms with E-state index in [4.69, 9.17) is 0 Å². The van der Waals surface area contributed by atoms with Crippen molar-refractivity contribution in [3.63, 3.8) is 0 Å². The molecular formula is C18H28N6O2S. The number of rotatable bonds is 6. The van der Waals surface area contributed by atoms with Crippen molar-refractivity contribution < 1.29 is 8.42 Å². The molecule has 2 aromatic heterocycles. The summed E-state index contributed by atoms with van der Waals surface area (Å²) in [5, 5.41) is 11.9. The van der Waals surface area contributed by atoms with Crippen LogP contribution in [0.1, 0.15) is 55.6 Å². The van der Waals surface area contributed by atoms with Crippen molar-refractivity contribution in [3.8, 4) is 0 Å². The maximum Gasteiger partial charge on any atom is 0.244 e. The van der Waals surface area contributed by atoms with Gasteiger partial charge in [0.15, 0.2) is 5.82 Å². The summed E-state index contributed by atoms with van der Waals surface area (Å²) in [6.07, 6.45) is 4.04. The summed E-state index contributed by atoms with van der Waals surface area (Å²) >= 11 is 0. The van der Waals surface area contributed by atoms with Crippen LogP contribution >= 0.6 is 0 Å². The summed E-state index contributed by atoms with van der Waals surface area (Å²) in [5.41, 5.74) is 2.49. The van der Waals surface area contributed by atoms with Crippen molar-refractivity contribution in [2.75, 3.05) is 18.0 Å². The van der Waals surface area contributed by atoms with Gasteiger partial charge in [-0.05, 0) is 46.5 Å². The molecule has 0 aromatic carbocycles. The maximum absolute atomic E-state index is 12.9. The number of aromatic nitrogens is 4. The van der Waals surface area contributed by atoms with E-state index in [-0.39, 0.29) is 6.04 Å². The van der Waals surface area contributed by atoms with E-state index in [0.717, 1.165) is 31.7 Å². The average Bonchev–Trinajstić information content (AvgIpc) is 3.28. The average molecular weight is 393 g/mol. The second-order valence-electron chi connectivity index (χ2n) is 7.65. The quantitative estimate of drug-likeness (QED) is 0.785. The number of aromatic amines is 1. The Morgan fingerprint density at radius 2 is 1.93 bits per heavy atom. The molecule has 9 heteroatoms. The normalized spacial score (nSPS) is 19.0. The van der Waals surface area contributed by atoms with Crippen molar-refractivity contribution in [3.05, 3.63) is 23.1 Å². The highest BCUT2D eigenvalue weighted by Gasteiger charge is 2.30. The minimum atomic E-state index is -3.57. The monoisotopic (exact) mass is 392 g/mol. The predicted molar refractivity (Wildman–Crippen MR) is 103 cm³/mol. The first-order chi connectivity index (χ1) is 12.9. The summed E-state index contributed by atoms with van der Waals surface area (Å²) < 4.78 is 30.5. The third-order valence-electron chi connectivity index (χ3n) is 5.63. The Balaban J connectivity index is 1.40. The van der Waals surface area contributed by atoms with Crippen molar-refractivity contribution in [1.29, 1.82) is 0 Å². The second kappa shape index (κ2) is 6.94. The van der Waals surface area contributed by atoms with Crippen LogP contribution in [0.2, 0.25) is 0 Å². The number of aryl methyl sites for hydroxylation is 2. The van der Waals surface area contributed by atoms with Gasteiger partial charge in [0.1, 0.15) is 4.90 Å². The van der Waals surface area contributed by atoms with Crippen molar-refractivity contribution >= 4 is 15.8 Å². The first-order valence-corrected chi connectivity index (χ1v) is 11.2. The predicted octanol–water partition coefficient (Wildman–Crippen LogP) is 2.07. The number of nitrogens with one attached hydrogen (secondary N) is 2. The Bertz CT molecular complexity index is 920. The first-order valence-electron chi connectivity index (χ1n) is 9.75. The summed E-state index contributed by atoms with van der Waals surface area (Å²) in [7, 11) is -3.57.